The van der Waals surface area contributed by atoms with Gasteiger partial charge in [-0.15, -0.1) is 0 Å². The minimum atomic E-state index is -4.25. The molecule has 1 heterocycles. The molecule has 3 aromatic carbocycles. The van der Waals surface area contributed by atoms with Crippen molar-refractivity contribution in [2.24, 2.45) is 11.7 Å². The van der Waals surface area contributed by atoms with E-state index >= 15 is 0 Å². The van der Waals surface area contributed by atoms with Crippen molar-refractivity contribution in [2.45, 2.75) is 49.7 Å². The largest absolute Gasteiger partial charge is 0.368 e. The average molecular weight is 635 g/mol. The maximum atomic E-state index is 14.5. The van der Waals surface area contributed by atoms with Gasteiger partial charge in [0.15, 0.2) is 0 Å². The molecule has 0 saturated carbocycles. The summed E-state index contributed by atoms with van der Waals surface area (Å²) in [7, 11) is -4.25. The molecule has 0 bridgehead atoms. The van der Waals surface area contributed by atoms with Gasteiger partial charge in [-0.05, 0) is 78.4 Å². The van der Waals surface area contributed by atoms with Crippen LogP contribution in [0.25, 0.3) is 0 Å². The Kier molecular flexibility index (Phi) is 9.82. The highest BCUT2D eigenvalue weighted by Crippen LogP contribution is 2.46. The van der Waals surface area contributed by atoms with Gasteiger partial charge in [0, 0.05) is 20.6 Å². The van der Waals surface area contributed by atoms with E-state index in [1.54, 1.807) is 54.6 Å². The number of amides is 2. The minimum Gasteiger partial charge on any atom is -0.368 e. The number of nitrogens with two attached hydrogens (primary N) is 1. The molecule has 1 unspecified atom stereocenters. The van der Waals surface area contributed by atoms with Gasteiger partial charge in [-0.2, -0.15) is 4.31 Å². The first-order valence-electron chi connectivity index (χ1n) is 13.0. The Hall–Kier alpha value is -2.88. The predicted molar refractivity (Wildman–Crippen MR) is 162 cm³/mol. The van der Waals surface area contributed by atoms with Crippen LogP contribution >= 0.6 is 34.8 Å². The Morgan fingerprint density at radius 3 is 2.07 bits per heavy atom. The van der Waals surface area contributed by atoms with Gasteiger partial charge >= 0.3 is 0 Å². The summed E-state index contributed by atoms with van der Waals surface area (Å²) in [6.45, 7) is 3.82. The third-order valence-electron chi connectivity index (χ3n) is 6.82. The van der Waals surface area contributed by atoms with Crippen molar-refractivity contribution in [1.29, 1.82) is 0 Å². The Morgan fingerprint density at radius 2 is 1.51 bits per heavy atom. The van der Waals surface area contributed by atoms with Crippen LogP contribution in [0.3, 0.4) is 0 Å². The molecule has 3 atom stereocenters. The molecule has 0 radical (unpaired) electrons. The van der Waals surface area contributed by atoms with Crippen LogP contribution in [0.2, 0.25) is 15.1 Å². The lowest BCUT2D eigenvalue weighted by Crippen LogP contribution is -2.49. The summed E-state index contributed by atoms with van der Waals surface area (Å²) >= 11 is 18.8. The quantitative estimate of drug-likeness (QED) is 0.281. The Labute approximate surface area is 255 Å². The second-order valence-corrected chi connectivity index (χ2v) is 13.4. The number of primary amides is 1. The van der Waals surface area contributed by atoms with Gasteiger partial charge in [0.05, 0.1) is 17.0 Å². The van der Waals surface area contributed by atoms with Crippen LogP contribution in [-0.4, -0.2) is 30.6 Å². The number of rotatable bonds is 9. The van der Waals surface area contributed by atoms with Gasteiger partial charge in [0.25, 0.3) is 0 Å². The van der Waals surface area contributed by atoms with Crippen molar-refractivity contribution in [1.82, 2.24) is 9.62 Å². The summed E-state index contributed by atoms with van der Waals surface area (Å²) in [5.41, 5.74) is 6.88. The van der Waals surface area contributed by atoms with Crippen molar-refractivity contribution in [3.05, 3.63) is 111 Å². The number of carbonyl (C=O) groups excluding carboxylic acids is 2. The number of hydrogen-bond donors (Lipinski definition) is 2. The summed E-state index contributed by atoms with van der Waals surface area (Å²) < 4.78 is 30.2. The highest BCUT2D eigenvalue weighted by Gasteiger charge is 2.45. The van der Waals surface area contributed by atoms with E-state index in [1.807, 2.05) is 13.8 Å². The third kappa shape index (κ3) is 7.13. The van der Waals surface area contributed by atoms with E-state index in [0.717, 1.165) is 0 Å². The van der Waals surface area contributed by atoms with Gasteiger partial charge in [0.1, 0.15) is 6.04 Å². The molecule has 41 heavy (non-hydrogen) atoms. The molecule has 0 aliphatic carbocycles. The highest BCUT2D eigenvalue weighted by atomic mass is 35.5. The second-order valence-electron chi connectivity index (χ2n) is 10.3. The maximum Gasteiger partial charge on any atom is 0.249 e. The number of sulfonamides is 1. The van der Waals surface area contributed by atoms with E-state index < -0.39 is 40.0 Å². The zero-order valence-corrected chi connectivity index (χ0v) is 25.5. The topological polar surface area (TPSA) is 110 Å². The van der Waals surface area contributed by atoms with E-state index in [-0.39, 0.29) is 22.8 Å². The molecule has 3 N–H and O–H groups in total. The van der Waals surface area contributed by atoms with Crippen LogP contribution in [-0.2, 0) is 19.6 Å². The summed E-state index contributed by atoms with van der Waals surface area (Å²) in [5, 5.41) is 3.93. The average Bonchev–Trinajstić information content (AvgIpc) is 2.91. The molecule has 4 rings (SSSR count). The van der Waals surface area contributed by atoms with Gasteiger partial charge in [0.2, 0.25) is 21.8 Å². The zero-order chi connectivity index (χ0) is 29.9. The van der Waals surface area contributed by atoms with Crippen molar-refractivity contribution < 1.29 is 18.0 Å². The fourth-order valence-electron chi connectivity index (χ4n) is 4.98. The number of nitrogens with zero attached hydrogens (tertiary/aromatic N) is 1. The van der Waals surface area contributed by atoms with E-state index in [9.17, 15) is 18.0 Å². The summed E-state index contributed by atoms with van der Waals surface area (Å²) in [6.07, 6.45) is 2.19. The summed E-state index contributed by atoms with van der Waals surface area (Å²) in [4.78, 5) is 26.0. The molecule has 2 amide bonds. The van der Waals surface area contributed by atoms with E-state index in [0.29, 0.717) is 32.6 Å². The number of carbonyl (C=O) groups is 2. The predicted octanol–water partition coefficient (Wildman–Crippen LogP) is 6.47. The molecule has 0 saturated heterocycles. The molecule has 0 spiro atoms. The van der Waals surface area contributed by atoms with E-state index in [2.05, 4.69) is 5.32 Å². The molecule has 11 heteroatoms. The standard InChI is InChI=1S/C30H30Cl3N3O4S/c1-18(2)15-26(29(34)37)35-30(38)25-13-14-27(19-5-3-7-22(32)16-19)36(28(25)20-6-4-8-23(33)17-20)41(39,40)24-11-9-21(31)10-12-24/h3-13,16-18,26-28H,14-15H2,1-2H3,(H2,34,37)(H,35,38)/t26-,27?,28-/m0/s1. The van der Waals surface area contributed by atoms with Gasteiger partial charge < -0.3 is 11.1 Å². The first-order valence-corrected chi connectivity index (χ1v) is 15.6. The van der Waals surface area contributed by atoms with Crippen LogP contribution < -0.4 is 11.1 Å². The molecular formula is C30H30Cl3N3O4S. The van der Waals surface area contributed by atoms with Crippen LogP contribution in [0.4, 0.5) is 0 Å². The van der Waals surface area contributed by atoms with E-state index in [4.69, 9.17) is 40.5 Å². The maximum absolute atomic E-state index is 14.5. The SMILES string of the molecule is CC(C)C[C@H](NC(=O)C1=CCC(c2cccc(Cl)c2)N(S(=O)(=O)c2ccc(Cl)cc2)[C@H]1c1cccc(Cl)c1)C(N)=O. The molecule has 0 fully saturated rings. The van der Waals surface area contributed by atoms with Gasteiger partial charge in [-0.1, -0.05) is 79.0 Å². The first kappa shape index (κ1) is 31.1. The van der Waals surface area contributed by atoms with Gasteiger partial charge in [-0.3, -0.25) is 9.59 Å². The summed E-state index contributed by atoms with van der Waals surface area (Å²) in [6, 6.07) is 16.7. The van der Waals surface area contributed by atoms with Crippen molar-refractivity contribution >= 4 is 56.6 Å². The lowest BCUT2D eigenvalue weighted by atomic mass is 9.88. The Morgan fingerprint density at radius 1 is 0.927 bits per heavy atom. The lowest BCUT2D eigenvalue weighted by molar-refractivity contribution is -0.126. The second kappa shape index (κ2) is 13.0. The molecule has 216 valence electrons. The van der Waals surface area contributed by atoms with E-state index in [1.165, 1.54) is 28.6 Å². The molecule has 7 nitrogen and oxygen atoms in total. The molecule has 1 aliphatic rings. The molecule has 1 aliphatic heterocycles. The number of hydrogen-bond acceptors (Lipinski definition) is 4. The lowest BCUT2D eigenvalue weighted by Gasteiger charge is -2.41. The van der Waals surface area contributed by atoms with Crippen molar-refractivity contribution in [2.75, 3.05) is 0 Å². The van der Waals surface area contributed by atoms with Gasteiger partial charge in [-0.25, -0.2) is 8.42 Å². The minimum absolute atomic E-state index is 0.00238. The number of benzene rings is 3. The first-order chi connectivity index (χ1) is 19.4. The molecular weight excluding hydrogens is 605 g/mol. The van der Waals surface area contributed by atoms with Crippen LogP contribution in [0.5, 0.6) is 0 Å². The Bertz CT molecular complexity index is 1580. The smallest absolute Gasteiger partial charge is 0.249 e. The van der Waals surface area contributed by atoms with Crippen molar-refractivity contribution in [3.8, 4) is 0 Å². The fraction of sp³-hybridized carbons (Fsp3) is 0.267. The number of nitrogens with one attached hydrogen (secondary N) is 1. The monoisotopic (exact) mass is 633 g/mol. The third-order valence-corrected chi connectivity index (χ3v) is 9.43. The highest BCUT2D eigenvalue weighted by molar-refractivity contribution is 7.89. The van der Waals surface area contributed by atoms with Crippen LogP contribution in [0.15, 0.2) is 89.3 Å². The normalized spacial score (nSPS) is 18.5. The number of halogens is 3. The van der Waals surface area contributed by atoms with Crippen LogP contribution in [0.1, 0.15) is 49.9 Å². The Balaban J connectivity index is 1.93. The molecule has 0 aromatic heterocycles. The van der Waals surface area contributed by atoms with Crippen molar-refractivity contribution in [3.63, 3.8) is 0 Å². The summed E-state index contributed by atoms with van der Waals surface area (Å²) in [5.74, 6) is -1.20. The fourth-order valence-corrected chi connectivity index (χ4v) is 7.28. The molecule has 3 aromatic rings. The zero-order valence-electron chi connectivity index (χ0n) is 22.4. The van der Waals surface area contributed by atoms with Crippen LogP contribution in [0, 0.1) is 5.92 Å².